The average molecular weight is 266 g/mol. The molecule has 6 nitrogen and oxygen atoms in total. The van der Waals surface area contributed by atoms with E-state index in [1.807, 2.05) is 22.8 Å². The zero-order chi connectivity index (χ0) is 13.1. The van der Waals surface area contributed by atoms with Gasteiger partial charge in [-0.1, -0.05) is 6.07 Å². The summed E-state index contributed by atoms with van der Waals surface area (Å²) in [7, 11) is 1.61. The Bertz CT molecular complexity index is 631. The molecule has 0 saturated carbocycles. The Morgan fingerprint density at radius 1 is 1.61 bits per heavy atom. The van der Waals surface area contributed by atoms with Crippen molar-refractivity contribution < 1.29 is 9.53 Å². The van der Waals surface area contributed by atoms with E-state index in [4.69, 9.17) is 22.7 Å². The molecule has 0 aliphatic rings. The van der Waals surface area contributed by atoms with E-state index in [9.17, 15) is 4.79 Å². The molecule has 0 spiro atoms. The molecule has 0 aliphatic carbocycles. The number of urea groups is 1. The third kappa shape index (κ3) is 2.30. The largest absolute Gasteiger partial charge is 0.494 e. The molecule has 0 atom stereocenters. The first-order valence-corrected chi connectivity index (χ1v) is 5.83. The molecule has 18 heavy (non-hydrogen) atoms. The van der Waals surface area contributed by atoms with E-state index in [2.05, 4.69) is 10.3 Å². The number of amides is 2. The number of nitrogens with one attached hydrogen (secondary N) is 2. The zero-order valence-electron chi connectivity index (χ0n) is 9.90. The van der Waals surface area contributed by atoms with Crippen LogP contribution in [0.4, 0.5) is 4.79 Å². The molecule has 7 heteroatoms. The highest BCUT2D eigenvalue weighted by Gasteiger charge is 2.08. The number of H-pyrrole nitrogens is 1. The molecule has 2 aromatic rings. The van der Waals surface area contributed by atoms with Gasteiger partial charge in [-0.2, -0.15) is 0 Å². The van der Waals surface area contributed by atoms with Crippen molar-refractivity contribution in [2.24, 2.45) is 5.73 Å². The Morgan fingerprint density at radius 3 is 3.06 bits per heavy atom. The number of methoxy groups -OCH3 is 1. The van der Waals surface area contributed by atoms with E-state index in [0.29, 0.717) is 17.9 Å². The van der Waals surface area contributed by atoms with Crippen molar-refractivity contribution in [3.8, 4) is 5.75 Å². The molecule has 2 amide bonds. The molecule has 1 heterocycles. The van der Waals surface area contributed by atoms with Crippen molar-refractivity contribution in [1.82, 2.24) is 14.9 Å². The maximum atomic E-state index is 10.6. The lowest BCUT2D eigenvalue weighted by molar-refractivity contribution is 0.248. The summed E-state index contributed by atoms with van der Waals surface area (Å²) in [5.41, 5.74) is 6.80. The summed E-state index contributed by atoms with van der Waals surface area (Å²) < 4.78 is 7.73. The third-order valence-corrected chi connectivity index (χ3v) is 2.95. The molecule has 0 radical (unpaired) electrons. The summed E-state index contributed by atoms with van der Waals surface area (Å²) in [5.74, 6) is 0.736. The van der Waals surface area contributed by atoms with Crippen LogP contribution in [0.5, 0.6) is 5.75 Å². The van der Waals surface area contributed by atoms with Gasteiger partial charge in [0.1, 0.15) is 11.3 Å². The molecule has 0 unspecified atom stereocenters. The second kappa shape index (κ2) is 5.09. The van der Waals surface area contributed by atoms with Crippen LogP contribution in [0.3, 0.4) is 0 Å². The van der Waals surface area contributed by atoms with Gasteiger partial charge in [0.2, 0.25) is 0 Å². The lowest BCUT2D eigenvalue weighted by Crippen LogP contribution is -2.32. The predicted octanol–water partition coefficient (Wildman–Crippen LogP) is 1.38. The van der Waals surface area contributed by atoms with Crippen LogP contribution >= 0.6 is 12.2 Å². The number of nitrogens with two attached hydrogens (primary N) is 1. The van der Waals surface area contributed by atoms with Crippen molar-refractivity contribution in [3.63, 3.8) is 0 Å². The Morgan fingerprint density at radius 2 is 2.39 bits per heavy atom. The summed E-state index contributed by atoms with van der Waals surface area (Å²) in [6.07, 6.45) is 0. The molecule has 1 aromatic heterocycles. The molecule has 96 valence electrons. The van der Waals surface area contributed by atoms with Crippen LogP contribution in [-0.4, -0.2) is 29.2 Å². The second-order valence-electron chi connectivity index (χ2n) is 3.73. The minimum atomic E-state index is -0.543. The van der Waals surface area contributed by atoms with Crippen LogP contribution in [0.15, 0.2) is 18.2 Å². The van der Waals surface area contributed by atoms with Gasteiger partial charge >= 0.3 is 6.03 Å². The fourth-order valence-corrected chi connectivity index (χ4v) is 2.13. The molecular weight excluding hydrogens is 252 g/mol. The standard InChI is InChI=1S/C11H14N4O2S/c1-17-8-4-2-3-7-9(8)14-11(18)15(7)6-5-13-10(12)16/h2-4H,5-6H2,1H3,(H,14,18)(H3,12,13,16). The summed E-state index contributed by atoms with van der Waals surface area (Å²) in [4.78, 5) is 13.7. The lowest BCUT2D eigenvalue weighted by Gasteiger charge is -2.05. The van der Waals surface area contributed by atoms with Gasteiger partial charge in [0.25, 0.3) is 0 Å². The number of para-hydroxylation sites is 1. The summed E-state index contributed by atoms with van der Waals surface area (Å²) in [5, 5.41) is 2.53. The monoisotopic (exact) mass is 266 g/mol. The van der Waals surface area contributed by atoms with E-state index in [1.54, 1.807) is 7.11 Å². The number of nitrogens with zero attached hydrogens (tertiary/aromatic N) is 1. The van der Waals surface area contributed by atoms with Crippen LogP contribution in [0.2, 0.25) is 0 Å². The van der Waals surface area contributed by atoms with Gasteiger partial charge in [0, 0.05) is 13.1 Å². The highest BCUT2D eigenvalue weighted by atomic mass is 32.1. The van der Waals surface area contributed by atoms with Gasteiger partial charge in [-0.25, -0.2) is 4.79 Å². The van der Waals surface area contributed by atoms with Gasteiger partial charge in [-0.15, -0.1) is 0 Å². The van der Waals surface area contributed by atoms with Gasteiger partial charge in [-0.05, 0) is 24.4 Å². The highest BCUT2D eigenvalue weighted by Crippen LogP contribution is 2.24. The molecule has 0 aliphatic heterocycles. The molecular formula is C11H14N4O2S. The lowest BCUT2D eigenvalue weighted by atomic mass is 10.3. The number of fused-ring (bicyclic) bond motifs is 1. The topological polar surface area (TPSA) is 85.1 Å². The number of ether oxygens (including phenoxy) is 1. The molecule has 0 saturated heterocycles. The van der Waals surface area contributed by atoms with Gasteiger partial charge in [0.05, 0.1) is 12.6 Å². The number of hydrogen-bond donors (Lipinski definition) is 3. The fraction of sp³-hybridized carbons (Fsp3) is 0.273. The number of aromatic nitrogens is 2. The van der Waals surface area contributed by atoms with E-state index in [-0.39, 0.29) is 0 Å². The summed E-state index contributed by atoms with van der Waals surface area (Å²) >= 11 is 5.25. The Kier molecular flexibility index (Phi) is 3.52. The van der Waals surface area contributed by atoms with Crippen LogP contribution in [0, 0.1) is 4.77 Å². The normalized spacial score (nSPS) is 10.5. The van der Waals surface area contributed by atoms with E-state index in [0.717, 1.165) is 16.8 Å². The summed E-state index contributed by atoms with van der Waals surface area (Å²) in [6.45, 7) is 0.975. The first-order valence-electron chi connectivity index (χ1n) is 5.42. The van der Waals surface area contributed by atoms with Gasteiger partial charge < -0.3 is 25.3 Å². The average Bonchev–Trinajstić information content (AvgIpc) is 2.65. The van der Waals surface area contributed by atoms with Gasteiger partial charge in [0.15, 0.2) is 4.77 Å². The van der Waals surface area contributed by atoms with E-state index >= 15 is 0 Å². The number of carbonyl (C=O) groups excluding carboxylic acids is 1. The number of benzene rings is 1. The van der Waals surface area contributed by atoms with E-state index in [1.165, 1.54) is 0 Å². The van der Waals surface area contributed by atoms with Gasteiger partial charge in [-0.3, -0.25) is 0 Å². The molecule has 1 aromatic carbocycles. The van der Waals surface area contributed by atoms with Crippen LogP contribution < -0.4 is 15.8 Å². The third-order valence-electron chi connectivity index (χ3n) is 2.63. The highest BCUT2D eigenvalue weighted by molar-refractivity contribution is 7.71. The Labute approximate surface area is 109 Å². The Balaban J connectivity index is 2.36. The predicted molar refractivity (Wildman–Crippen MR) is 71.3 cm³/mol. The van der Waals surface area contributed by atoms with Crippen molar-refractivity contribution in [2.75, 3.05) is 13.7 Å². The van der Waals surface area contributed by atoms with Crippen molar-refractivity contribution in [3.05, 3.63) is 23.0 Å². The molecule has 0 fully saturated rings. The molecule has 2 rings (SSSR count). The van der Waals surface area contributed by atoms with Crippen molar-refractivity contribution in [2.45, 2.75) is 6.54 Å². The number of imidazole rings is 1. The number of primary amides is 1. The van der Waals surface area contributed by atoms with E-state index < -0.39 is 6.03 Å². The zero-order valence-corrected chi connectivity index (χ0v) is 10.7. The number of hydrogen-bond acceptors (Lipinski definition) is 3. The van der Waals surface area contributed by atoms with Crippen molar-refractivity contribution >= 4 is 29.3 Å². The second-order valence-corrected chi connectivity index (χ2v) is 4.11. The Hall–Kier alpha value is -2.02. The smallest absolute Gasteiger partial charge is 0.312 e. The van der Waals surface area contributed by atoms with Crippen molar-refractivity contribution in [1.29, 1.82) is 0 Å². The number of rotatable bonds is 4. The molecule has 0 bridgehead atoms. The maximum absolute atomic E-state index is 10.6. The summed E-state index contributed by atoms with van der Waals surface area (Å²) in [6, 6.07) is 5.15. The molecule has 4 N–H and O–H groups in total. The van der Waals surface area contributed by atoms with Crippen LogP contribution in [-0.2, 0) is 6.54 Å². The SMILES string of the molecule is COc1cccc2c1[nH]c(=S)n2CCNC(N)=O. The minimum absolute atomic E-state index is 0.424. The first kappa shape index (κ1) is 12.4. The quantitative estimate of drug-likeness (QED) is 0.731. The number of carbonyl (C=O) groups is 1. The maximum Gasteiger partial charge on any atom is 0.312 e. The first-order chi connectivity index (χ1) is 8.63. The van der Waals surface area contributed by atoms with Crippen LogP contribution in [0.1, 0.15) is 0 Å². The number of aromatic amines is 1. The fourth-order valence-electron chi connectivity index (χ4n) is 1.84. The van der Waals surface area contributed by atoms with Crippen LogP contribution in [0.25, 0.3) is 11.0 Å². The minimum Gasteiger partial charge on any atom is -0.494 e.